The molecule has 1 N–H and O–H groups in total. The fourth-order valence-corrected chi connectivity index (χ4v) is 5.08. The summed E-state index contributed by atoms with van der Waals surface area (Å²) in [5.74, 6) is 0.721. The Morgan fingerprint density at radius 2 is 1.88 bits per heavy atom. The van der Waals surface area contributed by atoms with Crippen LogP contribution >= 0.6 is 0 Å². The van der Waals surface area contributed by atoms with Crippen LogP contribution in [-0.2, 0) is 4.74 Å². The molecule has 3 heteroatoms. The van der Waals surface area contributed by atoms with Crippen molar-refractivity contribution in [1.82, 2.24) is 10.2 Å². The molecule has 1 unspecified atom stereocenters. The molecule has 4 aliphatic rings. The van der Waals surface area contributed by atoms with Crippen LogP contribution in [0.1, 0.15) is 56.9 Å². The van der Waals surface area contributed by atoms with Crippen molar-refractivity contribution in [2.75, 3.05) is 26.2 Å². The second-order valence-electron chi connectivity index (χ2n) is 9.51. The Morgan fingerprint density at radius 3 is 2.60 bits per heavy atom. The SMILES string of the molecule is CC1(CN2CCC3(CC2)CC(N[C@@H]2C[C@H]2c2ccccc2)CO3)CC1. The fourth-order valence-electron chi connectivity index (χ4n) is 5.08. The van der Waals surface area contributed by atoms with E-state index in [9.17, 15) is 0 Å². The molecule has 0 bridgehead atoms. The van der Waals surface area contributed by atoms with Gasteiger partial charge in [0.05, 0.1) is 12.2 Å². The first-order chi connectivity index (χ1) is 12.1. The van der Waals surface area contributed by atoms with Crippen LogP contribution in [0.2, 0.25) is 0 Å². The van der Waals surface area contributed by atoms with Crippen molar-refractivity contribution in [2.45, 2.75) is 69.1 Å². The van der Waals surface area contributed by atoms with Gasteiger partial charge in [-0.25, -0.2) is 0 Å². The van der Waals surface area contributed by atoms with Crippen molar-refractivity contribution in [3.8, 4) is 0 Å². The van der Waals surface area contributed by atoms with E-state index >= 15 is 0 Å². The highest BCUT2D eigenvalue weighted by atomic mass is 16.5. The fraction of sp³-hybridized carbons (Fsp3) is 0.727. The normalized spacial score (nSPS) is 35.8. The first-order valence-corrected chi connectivity index (χ1v) is 10.3. The predicted octanol–water partition coefficient (Wildman–Crippen LogP) is 3.56. The highest BCUT2D eigenvalue weighted by Crippen LogP contribution is 2.47. The van der Waals surface area contributed by atoms with E-state index in [0.717, 1.165) is 12.5 Å². The molecule has 2 saturated carbocycles. The largest absolute Gasteiger partial charge is 0.373 e. The van der Waals surface area contributed by atoms with Crippen molar-refractivity contribution in [3.63, 3.8) is 0 Å². The van der Waals surface area contributed by atoms with Crippen LogP contribution in [0.5, 0.6) is 0 Å². The van der Waals surface area contributed by atoms with E-state index in [1.807, 2.05) is 0 Å². The van der Waals surface area contributed by atoms with Crippen LogP contribution < -0.4 is 5.32 Å². The van der Waals surface area contributed by atoms with Gasteiger partial charge in [-0.3, -0.25) is 0 Å². The Kier molecular flexibility index (Phi) is 3.96. The number of hydrogen-bond donors (Lipinski definition) is 1. The van der Waals surface area contributed by atoms with Crippen molar-refractivity contribution in [3.05, 3.63) is 35.9 Å². The summed E-state index contributed by atoms with van der Waals surface area (Å²) in [6.45, 7) is 7.14. The number of nitrogens with one attached hydrogen (secondary N) is 1. The highest BCUT2D eigenvalue weighted by molar-refractivity contribution is 5.27. The Bertz CT molecular complexity index is 604. The predicted molar refractivity (Wildman–Crippen MR) is 101 cm³/mol. The number of rotatable bonds is 5. The lowest BCUT2D eigenvalue weighted by Gasteiger charge is -2.39. The number of ether oxygens (including phenoxy) is 1. The van der Waals surface area contributed by atoms with Gasteiger partial charge in [-0.15, -0.1) is 0 Å². The van der Waals surface area contributed by atoms with E-state index in [2.05, 4.69) is 47.5 Å². The molecule has 0 aromatic heterocycles. The minimum Gasteiger partial charge on any atom is -0.373 e. The molecule has 0 radical (unpaired) electrons. The second kappa shape index (κ2) is 6.07. The molecule has 2 saturated heterocycles. The van der Waals surface area contributed by atoms with Crippen LogP contribution in [0.3, 0.4) is 0 Å². The van der Waals surface area contributed by atoms with Crippen LogP contribution in [0.4, 0.5) is 0 Å². The zero-order valence-corrected chi connectivity index (χ0v) is 15.5. The average Bonchev–Trinajstić information content (AvgIpc) is 3.52. The average molecular weight is 341 g/mol. The first-order valence-electron chi connectivity index (χ1n) is 10.3. The molecule has 1 aromatic rings. The lowest BCUT2D eigenvalue weighted by Crippen LogP contribution is -2.46. The molecule has 3 atom stereocenters. The van der Waals surface area contributed by atoms with Gasteiger partial charge >= 0.3 is 0 Å². The number of nitrogens with zero attached hydrogens (tertiary/aromatic N) is 1. The molecule has 2 aliphatic carbocycles. The first kappa shape index (κ1) is 16.3. The molecule has 2 heterocycles. The third-order valence-corrected chi connectivity index (χ3v) is 7.15. The van der Waals surface area contributed by atoms with E-state index in [-0.39, 0.29) is 5.60 Å². The van der Waals surface area contributed by atoms with Crippen molar-refractivity contribution in [2.24, 2.45) is 5.41 Å². The summed E-state index contributed by atoms with van der Waals surface area (Å²) in [6.07, 6.45) is 7.83. The topological polar surface area (TPSA) is 24.5 Å². The maximum Gasteiger partial charge on any atom is 0.0723 e. The second-order valence-corrected chi connectivity index (χ2v) is 9.51. The highest BCUT2D eigenvalue weighted by Gasteiger charge is 2.47. The van der Waals surface area contributed by atoms with Crippen molar-refractivity contribution in [1.29, 1.82) is 0 Å². The maximum atomic E-state index is 6.37. The van der Waals surface area contributed by atoms with Crippen LogP contribution in [0.25, 0.3) is 0 Å². The zero-order valence-electron chi connectivity index (χ0n) is 15.5. The van der Waals surface area contributed by atoms with Crippen LogP contribution in [-0.4, -0.2) is 48.8 Å². The molecule has 136 valence electrons. The molecular formula is C22H32N2O. The Balaban J connectivity index is 1.10. The Hall–Kier alpha value is -0.900. The summed E-state index contributed by atoms with van der Waals surface area (Å²) in [7, 11) is 0. The molecule has 5 rings (SSSR count). The maximum absolute atomic E-state index is 6.37. The van der Waals surface area contributed by atoms with Gasteiger partial charge in [0.2, 0.25) is 0 Å². The molecule has 2 aliphatic heterocycles. The number of piperidine rings is 1. The summed E-state index contributed by atoms with van der Waals surface area (Å²) in [6, 6.07) is 12.2. The monoisotopic (exact) mass is 340 g/mol. The smallest absolute Gasteiger partial charge is 0.0723 e. The molecular weight excluding hydrogens is 308 g/mol. The standard InChI is InChI=1S/C22H32N2O/c1-21(7-8-21)16-24-11-9-22(10-12-24)14-18(15-25-22)23-20-13-19(20)17-5-3-2-4-6-17/h2-6,18-20,23H,7-16H2,1H3/t18?,19-,20+/m0/s1. The molecule has 4 fully saturated rings. The Morgan fingerprint density at radius 1 is 1.12 bits per heavy atom. The van der Waals surface area contributed by atoms with E-state index in [0.29, 0.717) is 17.5 Å². The van der Waals surface area contributed by atoms with Gasteiger partial charge in [0.25, 0.3) is 0 Å². The third-order valence-electron chi connectivity index (χ3n) is 7.15. The number of likely N-dealkylation sites (tertiary alicyclic amines) is 1. The van der Waals surface area contributed by atoms with Gasteiger partial charge in [0.15, 0.2) is 0 Å². The lowest BCUT2D eigenvalue weighted by molar-refractivity contribution is -0.0459. The van der Waals surface area contributed by atoms with Crippen molar-refractivity contribution >= 4 is 0 Å². The van der Waals surface area contributed by atoms with Gasteiger partial charge in [0.1, 0.15) is 0 Å². The van der Waals surface area contributed by atoms with Gasteiger partial charge < -0.3 is 15.0 Å². The molecule has 3 nitrogen and oxygen atoms in total. The lowest BCUT2D eigenvalue weighted by atomic mass is 9.87. The van der Waals surface area contributed by atoms with Gasteiger partial charge in [-0.1, -0.05) is 37.3 Å². The summed E-state index contributed by atoms with van der Waals surface area (Å²) in [5, 5.41) is 3.89. The minimum absolute atomic E-state index is 0.176. The number of hydrogen-bond acceptors (Lipinski definition) is 3. The van der Waals surface area contributed by atoms with E-state index in [4.69, 9.17) is 4.74 Å². The van der Waals surface area contributed by atoms with Crippen LogP contribution in [0.15, 0.2) is 30.3 Å². The van der Waals surface area contributed by atoms with Crippen LogP contribution in [0, 0.1) is 5.41 Å². The minimum atomic E-state index is 0.176. The van der Waals surface area contributed by atoms with Crippen molar-refractivity contribution < 1.29 is 4.74 Å². The summed E-state index contributed by atoms with van der Waals surface area (Å²) < 4.78 is 6.37. The quantitative estimate of drug-likeness (QED) is 0.887. The summed E-state index contributed by atoms with van der Waals surface area (Å²) in [5.41, 5.74) is 2.31. The molecule has 0 amide bonds. The van der Waals surface area contributed by atoms with Gasteiger partial charge in [-0.05, 0) is 49.5 Å². The molecule has 1 spiro atoms. The summed E-state index contributed by atoms with van der Waals surface area (Å²) in [4.78, 5) is 2.69. The van der Waals surface area contributed by atoms with E-state index < -0.39 is 0 Å². The molecule has 1 aromatic carbocycles. The third kappa shape index (κ3) is 3.51. The van der Waals surface area contributed by atoms with E-state index in [1.165, 1.54) is 63.7 Å². The zero-order chi connectivity index (χ0) is 16.9. The van der Waals surface area contributed by atoms with E-state index in [1.54, 1.807) is 0 Å². The summed E-state index contributed by atoms with van der Waals surface area (Å²) >= 11 is 0. The Labute approximate surface area is 152 Å². The molecule has 25 heavy (non-hydrogen) atoms. The van der Waals surface area contributed by atoms with Gasteiger partial charge in [0, 0.05) is 37.6 Å². The van der Waals surface area contributed by atoms with Gasteiger partial charge in [-0.2, -0.15) is 0 Å². The number of benzene rings is 1.